The van der Waals surface area contributed by atoms with Crippen LogP contribution in [-0.2, 0) is 9.59 Å². The molecule has 0 aromatic carbocycles. The Labute approximate surface area is 152 Å². The van der Waals surface area contributed by atoms with E-state index in [0.717, 1.165) is 0 Å². The van der Waals surface area contributed by atoms with Gasteiger partial charge in [-0.2, -0.15) is 0 Å². The molecule has 25 heavy (non-hydrogen) atoms. The van der Waals surface area contributed by atoms with Crippen LogP contribution in [0.3, 0.4) is 0 Å². The van der Waals surface area contributed by atoms with Crippen molar-refractivity contribution in [3.8, 4) is 0 Å². The van der Waals surface area contributed by atoms with Gasteiger partial charge in [0.1, 0.15) is 11.6 Å². The van der Waals surface area contributed by atoms with Crippen LogP contribution < -0.4 is 11.5 Å². The molecule has 6 nitrogen and oxygen atoms in total. The molecule has 1 unspecified atom stereocenters. The lowest BCUT2D eigenvalue weighted by atomic mass is 9.85. The van der Waals surface area contributed by atoms with Gasteiger partial charge < -0.3 is 21.7 Å². The van der Waals surface area contributed by atoms with Crippen molar-refractivity contribution in [3.05, 3.63) is 0 Å². The first-order chi connectivity index (χ1) is 11.6. The Morgan fingerprint density at radius 2 is 1.24 bits per heavy atom. The van der Waals surface area contributed by atoms with Crippen molar-refractivity contribution in [2.75, 3.05) is 0 Å². The highest BCUT2D eigenvalue weighted by Crippen LogP contribution is 2.26. The lowest BCUT2D eigenvalue weighted by molar-refractivity contribution is -0.142. The number of hydrogen-bond donors (Lipinski definition) is 4. The van der Waals surface area contributed by atoms with Gasteiger partial charge in [0.25, 0.3) is 0 Å². The first-order valence-electron chi connectivity index (χ1n) is 9.65. The summed E-state index contributed by atoms with van der Waals surface area (Å²) in [5.41, 5.74) is 9.44. The molecule has 2 rings (SSSR count). The molecule has 0 aromatic rings. The third-order valence-corrected chi connectivity index (χ3v) is 4.68. The summed E-state index contributed by atoms with van der Waals surface area (Å²) >= 11 is 0. The van der Waals surface area contributed by atoms with Crippen LogP contribution in [0.2, 0.25) is 0 Å². The summed E-state index contributed by atoms with van der Waals surface area (Å²) in [4.78, 5) is 20.3. The molecule has 0 amide bonds. The van der Waals surface area contributed by atoms with Gasteiger partial charge in [0.2, 0.25) is 0 Å². The minimum atomic E-state index is -1.08. The van der Waals surface area contributed by atoms with Crippen LogP contribution in [0.25, 0.3) is 0 Å². The molecule has 148 valence electrons. The van der Waals surface area contributed by atoms with E-state index in [-0.39, 0.29) is 0 Å². The highest BCUT2D eigenvalue weighted by Gasteiger charge is 2.20. The molecular formula is C19H38N2O4. The molecule has 2 aliphatic carbocycles. The molecule has 6 N–H and O–H groups in total. The van der Waals surface area contributed by atoms with E-state index in [9.17, 15) is 9.59 Å². The molecule has 6 heteroatoms. The number of aliphatic carboxylic acids is 2. The fraction of sp³-hybridized carbons (Fsp3) is 0.895. The van der Waals surface area contributed by atoms with Crippen molar-refractivity contribution < 1.29 is 19.8 Å². The Morgan fingerprint density at radius 1 is 0.920 bits per heavy atom. The molecule has 0 saturated heterocycles. The number of carboxylic acid groups (broad SMARTS) is 2. The summed E-state index contributed by atoms with van der Waals surface area (Å²) in [6.45, 7) is 2.88. The molecule has 0 bridgehead atoms. The minimum Gasteiger partial charge on any atom is -0.480 e. The molecule has 0 aliphatic heterocycles. The predicted octanol–water partition coefficient (Wildman–Crippen LogP) is 3.52. The van der Waals surface area contributed by atoms with Gasteiger partial charge in [-0.1, -0.05) is 70.6 Å². The SMILES string of the molecule is C1CCCCC1.CC(C)(N)C(=O)O.NC(CC1CCCCC1)C(=O)O. The van der Waals surface area contributed by atoms with Gasteiger partial charge >= 0.3 is 11.9 Å². The molecule has 2 aliphatic rings. The first kappa shape index (κ1) is 23.9. The van der Waals surface area contributed by atoms with E-state index in [1.54, 1.807) is 0 Å². The van der Waals surface area contributed by atoms with Gasteiger partial charge in [0, 0.05) is 0 Å². The smallest absolute Gasteiger partial charge is 0.323 e. The monoisotopic (exact) mass is 358 g/mol. The summed E-state index contributed by atoms with van der Waals surface area (Å²) in [6, 6.07) is -0.645. The molecule has 1 atom stereocenters. The fourth-order valence-corrected chi connectivity index (χ4v) is 2.94. The van der Waals surface area contributed by atoms with E-state index < -0.39 is 23.5 Å². The predicted molar refractivity (Wildman–Crippen MR) is 100 cm³/mol. The average Bonchev–Trinajstić information content (AvgIpc) is 2.57. The van der Waals surface area contributed by atoms with Crippen LogP contribution in [0, 0.1) is 5.92 Å². The summed E-state index contributed by atoms with van der Waals surface area (Å²) in [5.74, 6) is -1.28. The lowest BCUT2D eigenvalue weighted by Gasteiger charge is -2.22. The summed E-state index contributed by atoms with van der Waals surface area (Å²) in [6.07, 6.45) is 15.8. The first-order valence-corrected chi connectivity index (χ1v) is 9.65. The third-order valence-electron chi connectivity index (χ3n) is 4.68. The van der Waals surface area contributed by atoms with Crippen LogP contribution in [0.1, 0.15) is 90.9 Å². The maximum Gasteiger partial charge on any atom is 0.323 e. The molecule has 0 spiro atoms. The number of rotatable bonds is 4. The van der Waals surface area contributed by atoms with E-state index in [0.29, 0.717) is 12.3 Å². The van der Waals surface area contributed by atoms with Crippen LogP contribution in [0.5, 0.6) is 0 Å². The Balaban J connectivity index is 0.000000377. The topological polar surface area (TPSA) is 127 Å². The van der Waals surface area contributed by atoms with Crippen LogP contribution in [-0.4, -0.2) is 33.7 Å². The van der Waals surface area contributed by atoms with E-state index in [4.69, 9.17) is 21.7 Å². The number of hydrogen-bond acceptors (Lipinski definition) is 4. The van der Waals surface area contributed by atoms with E-state index in [1.807, 2.05) is 0 Å². The Bertz CT molecular complexity index is 359. The number of carboxylic acids is 2. The Morgan fingerprint density at radius 3 is 1.52 bits per heavy atom. The third kappa shape index (κ3) is 13.8. The summed E-state index contributed by atoms with van der Waals surface area (Å²) in [5, 5.41) is 16.7. The van der Waals surface area contributed by atoms with Gasteiger partial charge in [-0.15, -0.1) is 0 Å². The Kier molecular flexibility index (Phi) is 12.5. The van der Waals surface area contributed by atoms with E-state index in [2.05, 4.69) is 0 Å². The highest BCUT2D eigenvalue weighted by atomic mass is 16.4. The lowest BCUT2D eigenvalue weighted by Crippen LogP contribution is -2.41. The Hall–Kier alpha value is -1.14. The molecule has 0 heterocycles. The second kappa shape index (κ2) is 13.1. The summed E-state index contributed by atoms with van der Waals surface area (Å²) in [7, 11) is 0. The van der Waals surface area contributed by atoms with Crippen LogP contribution >= 0.6 is 0 Å². The van der Waals surface area contributed by atoms with Gasteiger partial charge in [0.05, 0.1) is 0 Å². The van der Waals surface area contributed by atoms with Crippen molar-refractivity contribution in [2.24, 2.45) is 17.4 Å². The van der Waals surface area contributed by atoms with Crippen molar-refractivity contribution in [3.63, 3.8) is 0 Å². The van der Waals surface area contributed by atoms with Crippen molar-refractivity contribution in [1.82, 2.24) is 0 Å². The quantitative estimate of drug-likeness (QED) is 0.609. The zero-order valence-corrected chi connectivity index (χ0v) is 16.0. The van der Waals surface area contributed by atoms with Crippen molar-refractivity contribution in [1.29, 1.82) is 0 Å². The van der Waals surface area contributed by atoms with Gasteiger partial charge in [-0.05, 0) is 26.2 Å². The normalized spacial score (nSPS) is 19.5. The highest BCUT2D eigenvalue weighted by molar-refractivity contribution is 5.77. The molecule has 0 aromatic heterocycles. The number of carbonyl (C=O) groups is 2. The largest absolute Gasteiger partial charge is 0.480 e. The van der Waals surface area contributed by atoms with Crippen LogP contribution in [0.15, 0.2) is 0 Å². The van der Waals surface area contributed by atoms with Crippen LogP contribution in [0.4, 0.5) is 0 Å². The van der Waals surface area contributed by atoms with Gasteiger partial charge in [-0.25, -0.2) is 0 Å². The van der Waals surface area contributed by atoms with E-state index >= 15 is 0 Å². The van der Waals surface area contributed by atoms with Gasteiger partial charge in [-0.3, -0.25) is 9.59 Å². The average molecular weight is 359 g/mol. The van der Waals surface area contributed by atoms with Crippen molar-refractivity contribution >= 4 is 11.9 Å². The molecule has 0 radical (unpaired) electrons. The van der Waals surface area contributed by atoms with Crippen molar-refractivity contribution in [2.45, 2.75) is 102 Å². The zero-order chi connectivity index (χ0) is 19.3. The minimum absolute atomic E-state index is 0.560. The maximum absolute atomic E-state index is 10.4. The maximum atomic E-state index is 10.4. The fourth-order valence-electron chi connectivity index (χ4n) is 2.94. The molecule has 2 saturated carbocycles. The second-order valence-electron chi connectivity index (χ2n) is 7.83. The molecular weight excluding hydrogens is 320 g/mol. The summed E-state index contributed by atoms with van der Waals surface area (Å²) < 4.78 is 0. The number of nitrogens with two attached hydrogens (primary N) is 2. The van der Waals surface area contributed by atoms with Gasteiger partial charge in [0.15, 0.2) is 0 Å². The zero-order valence-electron chi connectivity index (χ0n) is 16.0. The van der Waals surface area contributed by atoms with E-state index in [1.165, 1.54) is 84.5 Å². The standard InChI is InChI=1S/C9H17NO2.C6H12.C4H9NO2/c10-8(9(11)12)6-7-4-2-1-3-5-7;1-2-4-6-5-3-1;1-4(2,5)3(6)7/h7-8H,1-6,10H2,(H,11,12);1-6H2;5H2,1-2H3,(H,6,7). The second-order valence-corrected chi connectivity index (χ2v) is 7.83. The molecule has 2 fully saturated rings.